The third kappa shape index (κ3) is 5.31. The van der Waals surface area contributed by atoms with Gasteiger partial charge in [0.25, 0.3) is 0 Å². The van der Waals surface area contributed by atoms with E-state index in [0.717, 1.165) is 38.6 Å². The quantitative estimate of drug-likeness (QED) is 0.674. The summed E-state index contributed by atoms with van der Waals surface area (Å²) in [6, 6.07) is 4.60. The molecule has 0 spiro atoms. The van der Waals surface area contributed by atoms with Crippen molar-refractivity contribution in [3.8, 4) is 0 Å². The van der Waals surface area contributed by atoms with Crippen molar-refractivity contribution in [2.24, 2.45) is 5.92 Å². The number of rotatable bonds is 7. The Bertz CT molecular complexity index is 621. The number of likely N-dealkylation sites (tertiary alicyclic amines) is 1. The molecule has 2 saturated heterocycles. The van der Waals surface area contributed by atoms with Crippen molar-refractivity contribution in [2.45, 2.75) is 70.1 Å². The Morgan fingerprint density at radius 3 is 2.46 bits per heavy atom. The monoisotopic (exact) mass is 392 g/mol. The van der Waals surface area contributed by atoms with Crippen molar-refractivity contribution >= 4 is 0 Å². The minimum Gasteiger partial charge on any atom is -0.377 e. The molecule has 28 heavy (non-hydrogen) atoms. The Hall–Kier alpha value is -1.04. The van der Waals surface area contributed by atoms with Gasteiger partial charge >= 0.3 is 0 Å². The topological polar surface area (TPSA) is 15.7 Å². The summed E-state index contributed by atoms with van der Waals surface area (Å²) in [4.78, 5) is 5.00. The van der Waals surface area contributed by atoms with Crippen LogP contribution in [0.3, 0.4) is 0 Å². The largest absolute Gasteiger partial charge is 0.377 e. The Morgan fingerprint density at radius 1 is 0.964 bits per heavy atom. The molecule has 2 aliphatic heterocycles. The van der Waals surface area contributed by atoms with Crippen molar-refractivity contribution in [2.75, 3.05) is 32.8 Å². The summed E-state index contributed by atoms with van der Waals surface area (Å²) >= 11 is 0. The molecule has 3 fully saturated rings. The number of halogens is 2. The molecule has 1 aliphatic carbocycles. The highest BCUT2D eigenvalue weighted by Crippen LogP contribution is 2.29. The molecule has 0 aromatic heterocycles. The fraction of sp³-hybridized carbons (Fsp3) is 0.739. The molecule has 1 atom stereocenters. The molecule has 1 aromatic rings. The normalized spacial score (nSPS) is 25.2. The summed E-state index contributed by atoms with van der Waals surface area (Å²) in [5.74, 6) is -0.0381. The number of hydrogen-bond acceptors (Lipinski definition) is 3. The van der Waals surface area contributed by atoms with Crippen molar-refractivity contribution in [1.82, 2.24) is 9.80 Å². The average molecular weight is 393 g/mol. The summed E-state index contributed by atoms with van der Waals surface area (Å²) < 4.78 is 33.7. The maximum absolute atomic E-state index is 14.2. The van der Waals surface area contributed by atoms with Gasteiger partial charge in [-0.15, -0.1) is 0 Å². The molecule has 0 bridgehead atoms. The first-order chi connectivity index (χ1) is 13.7. The molecule has 4 rings (SSSR count). The van der Waals surface area contributed by atoms with E-state index >= 15 is 0 Å². The first-order valence-electron chi connectivity index (χ1n) is 11.2. The molecule has 1 aromatic carbocycles. The van der Waals surface area contributed by atoms with Crippen LogP contribution in [0.25, 0.3) is 0 Å². The van der Waals surface area contributed by atoms with E-state index in [1.165, 1.54) is 69.8 Å². The van der Waals surface area contributed by atoms with Crippen LogP contribution in [0.2, 0.25) is 0 Å². The van der Waals surface area contributed by atoms with Crippen LogP contribution >= 0.6 is 0 Å². The van der Waals surface area contributed by atoms with Crippen LogP contribution in [0, 0.1) is 17.6 Å². The maximum atomic E-state index is 14.2. The Kier molecular flexibility index (Phi) is 6.97. The Morgan fingerprint density at radius 2 is 1.75 bits per heavy atom. The van der Waals surface area contributed by atoms with E-state index < -0.39 is 0 Å². The molecule has 2 heterocycles. The molecule has 3 nitrogen and oxygen atoms in total. The highest BCUT2D eigenvalue weighted by atomic mass is 19.1. The minimum atomic E-state index is -0.363. The maximum Gasteiger partial charge on any atom is 0.127 e. The van der Waals surface area contributed by atoms with Gasteiger partial charge in [0.1, 0.15) is 11.6 Å². The molecule has 0 N–H and O–H groups in total. The van der Waals surface area contributed by atoms with E-state index in [4.69, 9.17) is 4.74 Å². The van der Waals surface area contributed by atoms with Crippen molar-refractivity contribution < 1.29 is 13.5 Å². The summed E-state index contributed by atoms with van der Waals surface area (Å²) in [6.45, 7) is 5.45. The van der Waals surface area contributed by atoms with Crippen LogP contribution in [-0.4, -0.2) is 54.7 Å². The summed E-state index contributed by atoms with van der Waals surface area (Å²) in [5, 5.41) is 0. The number of ether oxygens (including phenoxy) is 1. The SMILES string of the molecule is Fc1ccc(F)c(CN(CC2CCN(C3CCCC3)CC2)C[C@@H]2CCCO2)c1. The second-order valence-corrected chi connectivity index (χ2v) is 8.98. The second kappa shape index (κ2) is 9.64. The first kappa shape index (κ1) is 20.2. The van der Waals surface area contributed by atoms with Gasteiger partial charge in [0.05, 0.1) is 6.10 Å². The molecule has 1 saturated carbocycles. The molecule has 3 aliphatic rings. The number of benzene rings is 1. The molecule has 0 unspecified atom stereocenters. The third-order valence-electron chi connectivity index (χ3n) is 6.89. The molecular weight excluding hydrogens is 358 g/mol. The number of piperidine rings is 1. The lowest BCUT2D eigenvalue weighted by molar-refractivity contribution is 0.0535. The van der Waals surface area contributed by atoms with Crippen LogP contribution in [0.4, 0.5) is 8.78 Å². The van der Waals surface area contributed by atoms with Crippen LogP contribution in [-0.2, 0) is 11.3 Å². The molecule has 156 valence electrons. The van der Waals surface area contributed by atoms with Gasteiger partial charge in [-0.3, -0.25) is 4.90 Å². The van der Waals surface area contributed by atoms with Crippen LogP contribution in [0.1, 0.15) is 56.9 Å². The summed E-state index contributed by atoms with van der Waals surface area (Å²) in [5.41, 5.74) is 0.460. The first-order valence-corrected chi connectivity index (χ1v) is 11.2. The lowest BCUT2D eigenvalue weighted by Gasteiger charge is -2.38. The van der Waals surface area contributed by atoms with E-state index in [-0.39, 0.29) is 17.7 Å². The minimum absolute atomic E-state index is 0.232. The molecule has 0 radical (unpaired) electrons. The molecular formula is C23H34F2N2O. The van der Waals surface area contributed by atoms with Gasteiger partial charge in [0.2, 0.25) is 0 Å². The predicted molar refractivity (Wildman–Crippen MR) is 107 cm³/mol. The van der Waals surface area contributed by atoms with Gasteiger partial charge in [-0.05, 0) is 75.7 Å². The fourth-order valence-electron chi connectivity index (χ4n) is 5.32. The summed E-state index contributed by atoms with van der Waals surface area (Å²) in [7, 11) is 0. The highest BCUT2D eigenvalue weighted by molar-refractivity contribution is 5.18. The van der Waals surface area contributed by atoms with E-state index in [2.05, 4.69) is 9.80 Å². The van der Waals surface area contributed by atoms with Gasteiger partial charge in [-0.25, -0.2) is 8.78 Å². The second-order valence-electron chi connectivity index (χ2n) is 8.98. The zero-order valence-electron chi connectivity index (χ0n) is 16.9. The van der Waals surface area contributed by atoms with Crippen LogP contribution in [0.5, 0.6) is 0 Å². The average Bonchev–Trinajstić information content (AvgIpc) is 3.39. The van der Waals surface area contributed by atoms with Gasteiger partial charge in [0.15, 0.2) is 0 Å². The van der Waals surface area contributed by atoms with E-state index in [0.29, 0.717) is 18.0 Å². The predicted octanol–water partition coefficient (Wildman–Crippen LogP) is 4.60. The smallest absolute Gasteiger partial charge is 0.127 e. The summed E-state index contributed by atoms with van der Waals surface area (Å²) in [6.07, 6.45) is 10.3. The van der Waals surface area contributed by atoms with Crippen molar-refractivity contribution in [1.29, 1.82) is 0 Å². The lowest BCUT2D eigenvalue weighted by Crippen LogP contribution is -2.43. The van der Waals surface area contributed by atoms with E-state index in [9.17, 15) is 8.78 Å². The lowest BCUT2D eigenvalue weighted by atomic mass is 9.94. The standard InChI is InChI=1S/C23H34F2N2O/c24-20-7-8-23(25)19(14-20)16-26(17-22-6-3-13-28-22)15-18-9-11-27(12-10-18)21-4-1-2-5-21/h7-8,14,18,21-22H,1-6,9-13,15-17H2/t22-/m0/s1. The molecule has 0 amide bonds. The van der Waals surface area contributed by atoms with Crippen LogP contribution < -0.4 is 0 Å². The van der Waals surface area contributed by atoms with Gasteiger partial charge < -0.3 is 9.64 Å². The van der Waals surface area contributed by atoms with Gasteiger partial charge in [-0.1, -0.05) is 12.8 Å². The Balaban J connectivity index is 1.35. The van der Waals surface area contributed by atoms with Crippen molar-refractivity contribution in [3.63, 3.8) is 0 Å². The fourth-order valence-corrected chi connectivity index (χ4v) is 5.32. The van der Waals surface area contributed by atoms with Gasteiger partial charge in [-0.2, -0.15) is 0 Å². The zero-order valence-corrected chi connectivity index (χ0v) is 16.9. The zero-order chi connectivity index (χ0) is 19.3. The number of hydrogen-bond donors (Lipinski definition) is 0. The van der Waals surface area contributed by atoms with Gasteiger partial charge in [0, 0.05) is 37.8 Å². The third-order valence-corrected chi connectivity index (χ3v) is 6.89. The van der Waals surface area contributed by atoms with Crippen molar-refractivity contribution in [3.05, 3.63) is 35.4 Å². The highest BCUT2D eigenvalue weighted by Gasteiger charge is 2.29. The Labute approximate surface area is 168 Å². The number of nitrogens with zero attached hydrogens (tertiary/aromatic N) is 2. The van der Waals surface area contributed by atoms with Crippen LogP contribution in [0.15, 0.2) is 18.2 Å². The molecule has 5 heteroatoms. The van der Waals surface area contributed by atoms with E-state index in [1.54, 1.807) is 0 Å². The van der Waals surface area contributed by atoms with E-state index in [1.807, 2.05) is 0 Å².